The molecule has 29 heavy (non-hydrogen) atoms. The van der Waals surface area contributed by atoms with E-state index in [9.17, 15) is 13.2 Å². The third-order valence-corrected chi connectivity index (χ3v) is 5.81. The smallest absolute Gasteiger partial charge is 0.244 e. The van der Waals surface area contributed by atoms with Crippen LogP contribution >= 0.6 is 11.6 Å². The second-order valence-corrected chi connectivity index (χ2v) is 9.24. The molecule has 1 amide bonds. The summed E-state index contributed by atoms with van der Waals surface area (Å²) in [6.07, 6.45) is 1.40. The van der Waals surface area contributed by atoms with Crippen LogP contribution in [0.5, 0.6) is 5.75 Å². The Balaban J connectivity index is 2.12. The number of carbonyl (C=O) groups excluding carboxylic acids is 1. The largest absolute Gasteiger partial charge is 0.491 e. The van der Waals surface area contributed by atoms with Gasteiger partial charge in [0.15, 0.2) is 0 Å². The van der Waals surface area contributed by atoms with E-state index in [4.69, 9.17) is 16.3 Å². The van der Waals surface area contributed by atoms with Gasteiger partial charge in [-0.2, -0.15) is 0 Å². The van der Waals surface area contributed by atoms with E-state index in [2.05, 4.69) is 5.32 Å². The van der Waals surface area contributed by atoms with Crippen LogP contribution in [-0.4, -0.2) is 39.3 Å². The molecule has 2 aromatic rings. The first-order chi connectivity index (χ1) is 13.6. The van der Waals surface area contributed by atoms with Crippen molar-refractivity contribution in [2.24, 2.45) is 0 Å². The Morgan fingerprint density at radius 2 is 1.79 bits per heavy atom. The Hall–Kier alpha value is -2.25. The Morgan fingerprint density at radius 1 is 1.17 bits per heavy atom. The molecular formula is C21H27ClN2O4S. The Labute approximate surface area is 177 Å². The first-order valence-electron chi connectivity index (χ1n) is 9.37. The molecule has 0 radical (unpaired) electrons. The first-order valence-corrected chi connectivity index (χ1v) is 11.6. The number of ether oxygens (including phenoxy) is 1. The molecule has 6 nitrogen and oxygen atoms in total. The SMILES string of the molecule is CC[C@H](C(=O)N[C@@H](C)COc1ccccc1C)N(c1ccc(Cl)cc1)S(C)(=O)=O. The van der Waals surface area contributed by atoms with Gasteiger partial charge in [0.05, 0.1) is 18.0 Å². The van der Waals surface area contributed by atoms with Gasteiger partial charge in [-0.3, -0.25) is 9.10 Å². The third kappa shape index (κ3) is 6.37. The lowest BCUT2D eigenvalue weighted by Crippen LogP contribution is -2.52. The summed E-state index contributed by atoms with van der Waals surface area (Å²) in [6.45, 7) is 5.80. The summed E-state index contributed by atoms with van der Waals surface area (Å²) < 4.78 is 31.8. The van der Waals surface area contributed by atoms with Crippen molar-refractivity contribution >= 4 is 33.2 Å². The van der Waals surface area contributed by atoms with Crippen LogP contribution in [0.4, 0.5) is 5.69 Å². The molecule has 0 unspecified atom stereocenters. The molecule has 2 atom stereocenters. The molecule has 2 rings (SSSR count). The van der Waals surface area contributed by atoms with E-state index in [1.807, 2.05) is 38.1 Å². The summed E-state index contributed by atoms with van der Waals surface area (Å²) in [5.41, 5.74) is 1.39. The van der Waals surface area contributed by atoms with Crippen molar-refractivity contribution in [1.82, 2.24) is 5.32 Å². The summed E-state index contributed by atoms with van der Waals surface area (Å²) in [5.74, 6) is 0.369. The van der Waals surface area contributed by atoms with Gasteiger partial charge >= 0.3 is 0 Å². The van der Waals surface area contributed by atoms with Crippen LogP contribution in [0.15, 0.2) is 48.5 Å². The standard InChI is InChI=1S/C21H27ClN2O4S/c1-5-19(24(29(4,26)27)18-12-10-17(22)11-13-18)21(25)23-16(3)14-28-20-9-7-6-8-15(20)2/h6-13,16,19H,5,14H2,1-4H3,(H,23,25)/t16-,19+/m0/s1. The summed E-state index contributed by atoms with van der Waals surface area (Å²) in [6, 6.07) is 12.8. The second kappa shape index (κ2) is 9.98. The average Bonchev–Trinajstić information content (AvgIpc) is 2.65. The number of rotatable bonds is 9. The minimum atomic E-state index is -3.69. The van der Waals surface area contributed by atoms with E-state index >= 15 is 0 Å². The number of carbonyl (C=O) groups is 1. The van der Waals surface area contributed by atoms with E-state index in [1.54, 1.807) is 31.2 Å². The van der Waals surface area contributed by atoms with E-state index in [0.717, 1.165) is 21.9 Å². The zero-order valence-corrected chi connectivity index (χ0v) is 18.6. The lowest BCUT2D eigenvalue weighted by Gasteiger charge is -2.31. The van der Waals surface area contributed by atoms with Gasteiger partial charge in [0.2, 0.25) is 15.9 Å². The van der Waals surface area contributed by atoms with Crippen LogP contribution in [0.1, 0.15) is 25.8 Å². The molecule has 1 N–H and O–H groups in total. The van der Waals surface area contributed by atoms with Gasteiger partial charge < -0.3 is 10.1 Å². The molecule has 0 aliphatic rings. The quantitative estimate of drug-likeness (QED) is 0.646. The lowest BCUT2D eigenvalue weighted by molar-refractivity contribution is -0.123. The zero-order valence-electron chi connectivity index (χ0n) is 17.1. The number of benzene rings is 2. The fraction of sp³-hybridized carbons (Fsp3) is 0.381. The van der Waals surface area contributed by atoms with Crippen molar-refractivity contribution < 1.29 is 17.9 Å². The average molecular weight is 439 g/mol. The van der Waals surface area contributed by atoms with Gasteiger partial charge in [-0.15, -0.1) is 0 Å². The highest BCUT2D eigenvalue weighted by atomic mass is 35.5. The number of anilines is 1. The molecule has 0 saturated carbocycles. The zero-order chi connectivity index (χ0) is 21.6. The fourth-order valence-electron chi connectivity index (χ4n) is 2.96. The number of halogens is 1. The van der Waals surface area contributed by atoms with Gasteiger partial charge in [0, 0.05) is 5.02 Å². The van der Waals surface area contributed by atoms with Crippen LogP contribution in [0.3, 0.4) is 0 Å². The van der Waals surface area contributed by atoms with Gasteiger partial charge in [-0.25, -0.2) is 8.42 Å². The lowest BCUT2D eigenvalue weighted by atomic mass is 10.1. The number of nitrogens with zero attached hydrogens (tertiary/aromatic N) is 1. The van der Waals surface area contributed by atoms with Crippen LogP contribution in [0.2, 0.25) is 5.02 Å². The van der Waals surface area contributed by atoms with E-state index < -0.39 is 16.1 Å². The molecule has 0 aliphatic heterocycles. The first kappa shape index (κ1) is 23.0. The maximum absolute atomic E-state index is 12.9. The molecule has 0 saturated heterocycles. The highest BCUT2D eigenvalue weighted by Crippen LogP contribution is 2.24. The third-order valence-electron chi connectivity index (χ3n) is 4.38. The fourth-order valence-corrected chi connectivity index (χ4v) is 4.30. The minimum Gasteiger partial charge on any atom is -0.491 e. The second-order valence-electron chi connectivity index (χ2n) is 6.95. The Bertz CT molecular complexity index is 932. The highest BCUT2D eigenvalue weighted by molar-refractivity contribution is 7.92. The van der Waals surface area contributed by atoms with Crippen LogP contribution < -0.4 is 14.4 Å². The maximum Gasteiger partial charge on any atom is 0.244 e. The van der Waals surface area contributed by atoms with Crippen molar-refractivity contribution in [2.45, 2.75) is 39.3 Å². The molecule has 0 aliphatic carbocycles. The van der Waals surface area contributed by atoms with Crippen molar-refractivity contribution in [1.29, 1.82) is 0 Å². The van der Waals surface area contributed by atoms with Gasteiger partial charge in [-0.05, 0) is 56.2 Å². The molecule has 0 spiro atoms. The number of para-hydroxylation sites is 1. The van der Waals surface area contributed by atoms with Gasteiger partial charge in [0.1, 0.15) is 18.4 Å². The maximum atomic E-state index is 12.9. The number of sulfonamides is 1. The minimum absolute atomic E-state index is 0.271. The predicted octanol–water partition coefficient (Wildman–Crippen LogP) is 3.78. The number of amides is 1. The number of hydrogen-bond donors (Lipinski definition) is 1. The number of aryl methyl sites for hydroxylation is 1. The van der Waals surface area contributed by atoms with E-state index in [0.29, 0.717) is 17.1 Å². The van der Waals surface area contributed by atoms with Crippen molar-refractivity contribution in [2.75, 3.05) is 17.2 Å². The molecule has 2 aromatic carbocycles. The van der Waals surface area contributed by atoms with Crippen LogP contribution in [0.25, 0.3) is 0 Å². The summed E-state index contributed by atoms with van der Waals surface area (Å²) in [5, 5.41) is 3.35. The monoisotopic (exact) mass is 438 g/mol. The Morgan fingerprint density at radius 3 is 2.34 bits per heavy atom. The van der Waals surface area contributed by atoms with E-state index in [-0.39, 0.29) is 18.6 Å². The number of nitrogens with one attached hydrogen (secondary N) is 1. The number of hydrogen-bond acceptors (Lipinski definition) is 4. The van der Waals surface area contributed by atoms with Gasteiger partial charge in [-0.1, -0.05) is 36.7 Å². The molecule has 0 fully saturated rings. The summed E-state index contributed by atoms with van der Waals surface area (Å²) >= 11 is 5.91. The van der Waals surface area contributed by atoms with Crippen molar-refractivity contribution in [3.63, 3.8) is 0 Å². The summed E-state index contributed by atoms with van der Waals surface area (Å²) in [4.78, 5) is 12.9. The molecule has 158 valence electrons. The van der Waals surface area contributed by atoms with Crippen molar-refractivity contribution in [3.8, 4) is 5.75 Å². The van der Waals surface area contributed by atoms with Crippen molar-refractivity contribution in [3.05, 3.63) is 59.1 Å². The van der Waals surface area contributed by atoms with E-state index in [1.165, 1.54) is 0 Å². The Kier molecular flexibility index (Phi) is 7.93. The topological polar surface area (TPSA) is 75.7 Å². The summed E-state index contributed by atoms with van der Waals surface area (Å²) in [7, 11) is -3.69. The molecule has 0 bridgehead atoms. The van der Waals surface area contributed by atoms with Crippen LogP contribution in [0, 0.1) is 6.92 Å². The normalized spacial score (nSPS) is 13.4. The molecule has 8 heteroatoms. The highest BCUT2D eigenvalue weighted by Gasteiger charge is 2.32. The molecule has 0 heterocycles. The predicted molar refractivity (Wildman–Crippen MR) is 117 cm³/mol. The van der Waals surface area contributed by atoms with Gasteiger partial charge in [0.25, 0.3) is 0 Å². The molecular weight excluding hydrogens is 412 g/mol. The molecule has 0 aromatic heterocycles. The van der Waals surface area contributed by atoms with Crippen LogP contribution in [-0.2, 0) is 14.8 Å².